The molecule has 0 unspecified atom stereocenters. The van der Waals surface area contributed by atoms with Gasteiger partial charge in [0.2, 0.25) is 0 Å². The van der Waals surface area contributed by atoms with Crippen LogP contribution >= 0.6 is 18.5 Å². The first kappa shape index (κ1) is 29.1. The van der Waals surface area contributed by atoms with Crippen molar-refractivity contribution in [3.05, 3.63) is 176 Å². The lowest BCUT2D eigenvalue weighted by atomic mass is 9.86. The van der Waals surface area contributed by atoms with Crippen LogP contribution in [0.15, 0.2) is 176 Å². The molecular weight excluding hydrogens is 648 g/mol. The average Bonchev–Trinajstić information content (AvgIpc) is 3.73. The molecule has 0 spiro atoms. The summed E-state index contributed by atoms with van der Waals surface area (Å²) in [6.07, 6.45) is 2.26. The minimum atomic E-state index is -3.08. The zero-order valence-electron chi connectivity index (χ0n) is 26.9. The van der Waals surface area contributed by atoms with Crippen LogP contribution < -0.4 is 15.9 Å². The number of hydrogen-bond donors (Lipinski definition) is 0. The van der Waals surface area contributed by atoms with Crippen molar-refractivity contribution >= 4 is 82.0 Å². The van der Waals surface area contributed by atoms with E-state index in [9.17, 15) is 0 Å². The molecule has 10 aromatic rings. The standard InChI is InChI=1S/C45H29N2OPS/c48-49(32-13-3-1-4-14-32,33-15-5-2-6-16-33)34-26-23-30(24-27-34)42-35-17-7-9-19-37(35)43(38-20-10-8-18-36(38)42)31-25-28-41-46-44-39-21-11-12-22-40(39)50-45(44)47(41)29-31/h1-29H. The topological polar surface area (TPSA) is 34.4 Å². The molecular formula is C45H29N2OPS. The second kappa shape index (κ2) is 11.4. The summed E-state index contributed by atoms with van der Waals surface area (Å²) < 4.78 is 18.6. The Hall–Kier alpha value is -5.80. The predicted octanol–water partition coefficient (Wildman–Crippen LogP) is 11.0. The molecule has 0 aliphatic heterocycles. The molecule has 236 valence electrons. The number of benzene rings is 7. The summed E-state index contributed by atoms with van der Waals surface area (Å²) in [7, 11) is -3.08. The summed E-state index contributed by atoms with van der Waals surface area (Å²) in [5.74, 6) is 0. The van der Waals surface area contributed by atoms with E-state index in [0.717, 1.165) is 43.0 Å². The summed E-state index contributed by atoms with van der Waals surface area (Å²) in [6, 6.07) is 58.5. The van der Waals surface area contributed by atoms with E-state index < -0.39 is 7.14 Å². The molecule has 3 nitrogen and oxygen atoms in total. The van der Waals surface area contributed by atoms with Gasteiger partial charge >= 0.3 is 0 Å². The van der Waals surface area contributed by atoms with Gasteiger partial charge in [-0.3, -0.25) is 4.40 Å². The summed E-state index contributed by atoms with van der Waals surface area (Å²) >= 11 is 1.79. The monoisotopic (exact) mass is 676 g/mol. The molecule has 0 aliphatic carbocycles. The molecule has 5 heteroatoms. The van der Waals surface area contributed by atoms with Gasteiger partial charge in [0, 0.05) is 32.2 Å². The lowest BCUT2D eigenvalue weighted by molar-refractivity contribution is 0.592. The van der Waals surface area contributed by atoms with Gasteiger partial charge in [0.15, 0.2) is 7.14 Å². The lowest BCUT2D eigenvalue weighted by Crippen LogP contribution is -2.24. The quantitative estimate of drug-likeness (QED) is 0.134. The van der Waals surface area contributed by atoms with Crippen LogP contribution in [0.3, 0.4) is 0 Å². The van der Waals surface area contributed by atoms with Crippen LogP contribution in [0.5, 0.6) is 0 Å². The van der Waals surface area contributed by atoms with E-state index in [0.29, 0.717) is 0 Å². The fourth-order valence-corrected chi connectivity index (χ4v) is 11.4. The first-order valence-corrected chi connectivity index (χ1v) is 19.3. The van der Waals surface area contributed by atoms with Crippen molar-refractivity contribution in [2.75, 3.05) is 0 Å². The fraction of sp³-hybridized carbons (Fsp3) is 0. The normalized spacial score (nSPS) is 12.1. The molecule has 0 saturated heterocycles. The van der Waals surface area contributed by atoms with E-state index in [1.807, 2.05) is 60.7 Å². The van der Waals surface area contributed by atoms with Gasteiger partial charge in [0.1, 0.15) is 16.0 Å². The third-order valence-electron chi connectivity index (χ3n) is 9.90. The zero-order chi connectivity index (χ0) is 33.2. The molecule has 0 N–H and O–H groups in total. The van der Waals surface area contributed by atoms with E-state index in [2.05, 4.69) is 120 Å². The van der Waals surface area contributed by atoms with E-state index in [1.165, 1.54) is 42.8 Å². The van der Waals surface area contributed by atoms with Crippen LogP contribution in [0.25, 0.3) is 69.9 Å². The predicted molar refractivity (Wildman–Crippen MR) is 213 cm³/mol. The number of thiophene rings is 1. The van der Waals surface area contributed by atoms with Crippen LogP contribution in [0.4, 0.5) is 0 Å². The van der Waals surface area contributed by atoms with E-state index in [-0.39, 0.29) is 0 Å². The Labute approximate surface area is 293 Å². The Kier molecular flexibility index (Phi) is 6.64. The Morgan fingerprint density at radius 2 is 0.920 bits per heavy atom. The van der Waals surface area contributed by atoms with E-state index >= 15 is 4.57 Å². The van der Waals surface area contributed by atoms with Crippen molar-refractivity contribution in [3.63, 3.8) is 0 Å². The molecule has 0 radical (unpaired) electrons. The minimum absolute atomic E-state index is 0.824. The van der Waals surface area contributed by atoms with Crippen LogP contribution in [0, 0.1) is 0 Å². The Bertz CT molecular complexity index is 2850. The van der Waals surface area contributed by atoms with Gasteiger partial charge in [-0.25, -0.2) is 4.98 Å². The number of aromatic nitrogens is 2. The molecule has 0 saturated carbocycles. The molecule has 0 aliphatic rings. The largest absolute Gasteiger partial charge is 0.309 e. The van der Waals surface area contributed by atoms with Crippen molar-refractivity contribution < 1.29 is 4.57 Å². The molecule has 10 rings (SSSR count). The van der Waals surface area contributed by atoms with Gasteiger partial charge in [-0.15, -0.1) is 11.3 Å². The van der Waals surface area contributed by atoms with Crippen LogP contribution in [0.2, 0.25) is 0 Å². The molecule has 3 aromatic heterocycles. The number of fused-ring (bicyclic) bond motifs is 7. The Morgan fingerprint density at radius 1 is 0.460 bits per heavy atom. The van der Waals surface area contributed by atoms with Crippen molar-refractivity contribution in [1.82, 2.24) is 9.38 Å². The third-order valence-corrected chi connectivity index (χ3v) is 14.1. The first-order valence-electron chi connectivity index (χ1n) is 16.7. The summed E-state index contributed by atoms with van der Waals surface area (Å²) in [6.45, 7) is 0. The molecule has 0 atom stereocenters. The maximum atomic E-state index is 15.1. The van der Waals surface area contributed by atoms with Gasteiger partial charge in [0.25, 0.3) is 0 Å². The maximum absolute atomic E-state index is 15.1. The molecule has 0 bridgehead atoms. The minimum Gasteiger partial charge on any atom is -0.309 e. The van der Waals surface area contributed by atoms with Gasteiger partial charge < -0.3 is 4.57 Å². The summed E-state index contributed by atoms with van der Waals surface area (Å²) in [5, 5.41) is 8.44. The Morgan fingerprint density at radius 3 is 1.50 bits per heavy atom. The highest BCUT2D eigenvalue weighted by molar-refractivity contribution is 7.85. The molecule has 50 heavy (non-hydrogen) atoms. The zero-order valence-corrected chi connectivity index (χ0v) is 28.6. The van der Waals surface area contributed by atoms with Crippen molar-refractivity contribution in [2.45, 2.75) is 0 Å². The fourth-order valence-electron chi connectivity index (χ4n) is 7.61. The van der Waals surface area contributed by atoms with Crippen LogP contribution in [0.1, 0.15) is 0 Å². The number of imidazole rings is 1. The van der Waals surface area contributed by atoms with Crippen LogP contribution in [-0.4, -0.2) is 9.38 Å². The van der Waals surface area contributed by atoms with Gasteiger partial charge in [-0.1, -0.05) is 152 Å². The molecule has 3 heterocycles. The van der Waals surface area contributed by atoms with E-state index in [1.54, 1.807) is 11.3 Å². The highest BCUT2D eigenvalue weighted by atomic mass is 32.1. The Balaban J connectivity index is 1.18. The number of nitrogens with zero attached hydrogens (tertiary/aromatic N) is 2. The number of hydrogen-bond acceptors (Lipinski definition) is 3. The van der Waals surface area contributed by atoms with Gasteiger partial charge in [-0.05, 0) is 62.0 Å². The summed E-state index contributed by atoms with van der Waals surface area (Å²) in [4.78, 5) is 6.20. The summed E-state index contributed by atoms with van der Waals surface area (Å²) in [5.41, 5.74) is 6.64. The number of rotatable bonds is 5. The second-order valence-corrected chi connectivity index (χ2v) is 16.5. The average molecular weight is 677 g/mol. The van der Waals surface area contributed by atoms with E-state index in [4.69, 9.17) is 4.98 Å². The smallest absolute Gasteiger partial charge is 0.171 e. The third kappa shape index (κ3) is 4.36. The molecule has 0 amide bonds. The van der Waals surface area contributed by atoms with Crippen molar-refractivity contribution in [3.8, 4) is 22.3 Å². The highest BCUT2D eigenvalue weighted by Gasteiger charge is 2.29. The van der Waals surface area contributed by atoms with Crippen molar-refractivity contribution in [1.29, 1.82) is 0 Å². The number of pyridine rings is 1. The first-order chi connectivity index (χ1) is 24.7. The maximum Gasteiger partial charge on any atom is 0.171 e. The highest BCUT2D eigenvalue weighted by Crippen LogP contribution is 2.46. The lowest BCUT2D eigenvalue weighted by Gasteiger charge is -2.21. The SMILES string of the molecule is O=P(c1ccccc1)(c1ccccc1)c1ccc(-c2c3ccccc3c(-c3ccc4nc5c6ccccc6sc5n4c3)c3ccccc23)cc1. The molecule has 7 aromatic carbocycles. The van der Waals surface area contributed by atoms with Crippen molar-refractivity contribution in [2.24, 2.45) is 0 Å². The molecule has 0 fully saturated rings. The second-order valence-electron chi connectivity index (χ2n) is 12.7. The van der Waals surface area contributed by atoms with Crippen LogP contribution in [-0.2, 0) is 4.57 Å². The van der Waals surface area contributed by atoms with Gasteiger partial charge in [-0.2, -0.15) is 0 Å². The van der Waals surface area contributed by atoms with Gasteiger partial charge in [0.05, 0.1) is 0 Å².